The number of fused-ring (bicyclic) bond motifs is 4. The number of allylic oxidation sites excluding steroid dienone is 4. The largest absolute Gasteiger partial charge is 0.451 e. The fourth-order valence-corrected chi connectivity index (χ4v) is 8.02. The van der Waals surface area contributed by atoms with Crippen LogP contribution in [0.3, 0.4) is 0 Å². The summed E-state index contributed by atoms with van der Waals surface area (Å²) in [5.41, 5.74) is 4.98. The van der Waals surface area contributed by atoms with Crippen molar-refractivity contribution in [1.29, 1.82) is 0 Å². The number of carbonyl (C=O) groups excluding carboxylic acids is 3. The Morgan fingerprint density at radius 1 is 0.673 bits per heavy atom. The van der Waals surface area contributed by atoms with Gasteiger partial charge in [0, 0.05) is 44.5 Å². The quantitative estimate of drug-likeness (QED) is 0.284. The van der Waals surface area contributed by atoms with Gasteiger partial charge in [-0.25, -0.2) is 0 Å². The molecule has 0 aromatic heterocycles. The highest BCUT2D eigenvalue weighted by Gasteiger charge is 2.67. The number of esters is 1. The molecule has 2 fully saturated rings. The van der Waals surface area contributed by atoms with Crippen LogP contribution in [0.1, 0.15) is 226 Å². The van der Waals surface area contributed by atoms with Crippen molar-refractivity contribution in [2.24, 2.45) is 17.3 Å². The van der Waals surface area contributed by atoms with Crippen LogP contribution in [0, 0.1) is 17.3 Å². The first-order chi connectivity index (χ1) is 16.6. The summed E-state index contributed by atoms with van der Waals surface area (Å²) in [5.74, 6) is 0.584. The summed E-state index contributed by atoms with van der Waals surface area (Å²) < 4.78 is 6.00. The molecule has 0 N–H and O–H groups in total. The molecule has 4 aliphatic rings. The Balaban J connectivity index is -0.0000000543. The fourth-order valence-electron chi connectivity index (χ4n) is 8.02. The number of benzene rings is 1. The maximum Gasteiger partial charge on any atom is 0.303 e. The normalized spacial score (nSPS) is 21.6. The third kappa shape index (κ3) is 16.7. The van der Waals surface area contributed by atoms with E-state index >= 15 is 0 Å². The number of carbonyl (C=O) groups is 3. The zero-order chi connectivity index (χ0) is 25.1. The molecule has 0 saturated heterocycles. The van der Waals surface area contributed by atoms with E-state index in [-0.39, 0.29) is 178 Å². The molecule has 0 aliphatic heterocycles. The fraction of sp³-hybridized carbons (Fsp3) is 0.740. The van der Waals surface area contributed by atoms with Gasteiger partial charge in [0.25, 0.3) is 0 Å². The topological polar surface area (TPSA) is 63.7 Å². The molecule has 5 nitrogen and oxygen atoms in total. The van der Waals surface area contributed by atoms with Gasteiger partial charge in [-0.15, -0.1) is 0 Å². The maximum atomic E-state index is 13.2. The Morgan fingerprint density at radius 2 is 1.13 bits per heavy atom. The van der Waals surface area contributed by atoms with Crippen LogP contribution in [0.4, 0.5) is 5.69 Å². The van der Waals surface area contributed by atoms with Crippen molar-refractivity contribution in [3.8, 4) is 0 Å². The minimum absolute atomic E-state index is 0. The zero-order valence-electron chi connectivity index (χ0n) is 21.6. The molecule has 1 aromatic rings. The first-order valence-electron chi connectivity index (χ1n) is 13.0. The monoisotopic (exact) mass is 796 g/mol. The molecule has 0 amide bonds. The number of anilines is 1. The molecule has 1 aromatic carbocycles. The minimum Gasteiger partial charge on any atom is -0.451 e. The lowest BCUT2D eigenvalue weighted by atomic mass is 9.50. The molecule has 346 valence electrons. The van der Waals surface area contributed by atoms with Crippen LogP contribution in [0.15, 0.2) is 47.1 Å². The number of Topliss-reactive ketones (excluding diaryl/α,β-unsaturated/α-hetero) is 1. The van der Waals surface area contributed by atoms with E-state index < -0.39 is 11.0 Å². The van der Waals surface area contributed by atoms with Crippen LogP contribution in [0.25, 0.3) is 0 Å². The van der Waals surface area contributed by atoms with E-state index in [0.717, 1.165) is 37.8 Å². The zero-order valence-corrected chi connectivity index (χ0v) is 21.6. The summed E-state index contributed by atoms with van der Waals surface area (Å²) in [6.07, 6.45) is 7.41. The minimum atomic E-state index is -1.07. The van der Waals surface area contributed by atoms with Gasteiger partial charge in [-0.2, -0.15) is 0 Å². The molecule has 5 atom stereocenters. The van der Waals surface area contributed by atoms with Crippen molar-refractivity contribution in [3.05, 3.63) is 52.6 Å². The molecule has 55 heavy (non-hydrogen) atoms. The van der Waals surface area contributed by atoms with Crippen molar-refractivity contribution < 1.29 is 19.1 Å². The molecule has 2 unspecified atom stereocenters. The molecule has 0 radical (unpaired) electrons. The number of nitrogens with zero attached hydrogens (tertiary/aromatic N) is 1. The average molecular weight is 796 g/mol. The van der Waals surface area contributed by atoms with Gasteiger partial charge in [0.1, 0.15) is 0 Å². The van der Waals surface area contributed by atoms with Gasteiger partial charge < -0.3 is 9.64 Å². The van der Waals surface area contributed by atoms with Crippen LogP contribution in [0.5, 0.6) is 0 Å². The molecule has 0 heterocycles. The number of rotatable bonds is 4. The van der Waals surface area contributed by atoms with Gasteiger partial charge in [0.2, 0.25) is 0 Å². The van der Waals surface area contributed by atoms with Gasteiger partial charge in [-0.05, 0) is 92.2 Å². The van der Waals surface area contributed by atoms with Crippen molar-refractivity contribution in [2.45, 2.75) is 226 Å². The van der Waals surface area contributed by atoms with E-state index in [1.165, 1.54) is 29.2 Å². The Kier molecular flexibility index (Phi) is 72.5. The third-order valence-electron chi connectivity index (χ3n) is 9.55. The number of hydrogen-bond acceptors (Lipinski definition) is 5. The Bertz CT molecular complexity index is 1150. The highest BCUT2D eigenvalue weighted by molar-refractivity contribution is 5.93. The van der Waals surface area contributed by atoms with Gasteiger partial charge in [0.15, 0.2) is 17.2 Å². The lowest BCUT2D eigenvalue weighted by molar-refractivity contribution is -0.182. The van der Waals surface area contributed by atoms with E-state index in [4.69, 9.17) is 4.74 Å². The SMILES string of the molecule is C.C.C.C.C.C.C.C.C.C.C.C.C.C.C.C.C.C.C.C.CC(=O)O[C@]1(C(C)=O)CCC2C3CCC4=CC(=O)CCC4=C3[C@@H](c3ccc(N(C)C)cc3)C[C@@]21C. The molecule has 0 spiro atoms. The standard InChI is InChI=1S/C30H37NO4.20CH4/c1-18(32)30(35-19(2)33)15-14-27-25-12-8-21-16-23(34)11-13-24(21)28(25)26(17-29(27,30)3)20-6-9-22(10-7-20)31(4)5;;;;;;;;;;;;;;;;;;;;/h6-7,9-10,16,25-27H,8,11-15,17H2,1-5H3;20*1H4/t25?,26-,27?,29+,30+;;;;;;;;;;;;;;;;;;;;/m1..................../s1. The molecule has 5 rings (SSSR count). The molecule has 5 heteroatoms. The summed E-state index contributed by atoms with van der Waals surface area (Å²) in [5, 5.41) is 0. The van der Waals surface area contributed by atoms with Gasteiger partial charge in [-0.1, -0.05) is 173 Å². The van der Waals surface area contributed by atoms with Crippen LogP contribution >= 0.6 is 0 Å². The van der Waals surface area contributed by atoms with E-state index in [0.29, 0.717) is 18.8 Å². The average Bonchev–Trinajstić information content (AvgIpc) is 3.10. The van der Waals surface area contributed by atoms with Crippen LogP contribution in [0.2, 0.25) is 0 Å². The van der Waals surface area contributed by atoms with Crippen molar-refractivity contribution in [1.82, 2.24) is 0 Å². The van der Waals surface area contributed by atoms with Crippen molar-refractivity contribution in [2.75, 3.05) is 19.0 Å². The predicted octanol–water partition coefficient (Wildman–Crippen LogP) is 18.3. The summed E-state index contributed by atoms with van der Waals surface area (Å²) >= 11 is 0. The summed E-state index contributed by atoms with van der Waals surface area (Å²) in [4.78, 5) is 39.8. The molecular formula is C50H117NO4. The molecular weight excluding hydrogens is 679 g/mol. The van der Waals surface area contributed by atoms with Crippen LogP contribution in [-0.4, -0.2) is 37.2 Å². The van der Waals surface area contributed by atoms with Crippen molar-refractivity contribution in [3.63, 3.8) is 0 Å². The summed E-state index contributed by atoms with van der Waals surface area (Å²) in [6.45, 7) is 5.22. The molecule has 4 aliphatic carbocycles. The van der Waals surface area contributed by atoms with Crippen LogP contribution < -0.4 is 4.90 Å². The van der Waals surface area contributed by atoms with Gasteiger partial charge in [0.05, 0.1) is 0 Å². The smallest absolute Gasteiger partial charge is 0.303 e. The summed E-state index contributed by atoms with van der Waals surface area (Å²) in [6, 6.07) is 8.76. The first kappa shape index (κ1) is 104. The second kappa shape index (κ2) is 38.2. The van der Waals surface area contributed by atoms with Crippen LogP contribution in [-0.2, 0) is 19.1 Å². The summed E-state index contributed by atoms with van der Waals surface area (Å²) in [7, 11) is 4.08. The maximum absolute atomic E-state index is 13.2. The number of hydrogen-bond donors (Lipinski definition) is 0. The Morgan fingerprint density at radius 3 is 1.53 bits per heavy atom. The van der Waals surface area contributed by atoms with E-state index in [1.807, 2.05) is 20.2 Å². The second-order valence-corrected chi connectivity index (χ2v) is 11.5. The van der Waals surface area contributed by atoms with Gasteiger partial charge >= 0.3 is 5.97 Å². The second-order valence-electron chi connectivity index (χ2n) is 11.5. The lowest BCUT2D eigenvalue weighted by Crippen LogP contribution is -2.57. The van der Waals surface area contributed by atoms with Gasteiger partial charge in [-0.3, -0.25) is 14.4 Å². The van der Waals surface area contributed by atoms with E-state index in [2.05, 4.69) is 36.1 Å². The predicted molar refractivity (Wildman–Crippen MR) is 271 cm³/mol. The third-order valence-corrected chi connectivity index (χ3v) is 9.55. The first-order valence-corrected chi connectivity index (χ1v) is 13.0. The lowest BCUT2D eigenvalue weighted by Gasteiger charge is -2.55. The van der Waals surface area contributed by atoms with E-state index in [9.17, 15) is 14.4 Å². The highest BCUT2D eigenvalue weighted by atomic mass is 16.6. The Labute approximate surface area is 356 Å². The van der Waals surface area contributed by atoms with Crippen molar-refractivity contribution >= 4 is 23.2 Å². The Hall–Kier alpha value is -2.69. The molecule has 2 saturated carbocycles. The van der Waals surface area contributed by atoms with E-state index in [1.54, 1.807) is 6.92 Å². The number of ketones is 2. The highest BCUT2D eigenvalue weighted by Crippen LogP contribution is 2.67. The number of ether oxygens (including phenoxy) is 1. The molecule has 0 bridgehead atoms.